The first-order valence-corrected chi connectivity index (χ1v) is 10.3. The van der Waals surface area contributed by atoms with Gasteiger partial charge in [0.15, 0.2) is 0 Å². The predicted octanol–water partition coefficient (Wildman–Crippen LogP) is 4.20. The molecule has 4 N–H and O–H groups in total. The summed E-state index contributed by atoms with van der Waals surface area (Å²) >= 11 is 0. The van der Waals surface area contributed by atoms with Crippen LogP contribution in [0.25, 0.3) is 22.0 Å². The summed E-state index contributed by atoms with van der Waals surface area (Å²) in [6.07, 6.45) is 3.45. The van der Waals surface area contributed by atoms with Gasteiger partial charge in [-0.25, -0.2) is 9.97 Å². The number of carbonyl (C=O) groups is 1. The van der Waals surface area contributed by atoms with Crippen molar-refractivity contribution in [2.24, 2.45) is 0 Å². The Balaban J connectivity index is 1.76. The lowest BCUT2D eigenvalue weighted by molar-refractivity contribution is 0.102. The van der Waals surface area contributed by atoms with Crippen molar-refractivity contribution in [1.82, 2.24) is 15.0 Å². The maximum Gasteiger partial charge on any atom is 0.272 e. The number of H-pyrrole nitrogens is 1. The highest BCUT2D eigenvalue weighted by Gasteiger charge is 2.15. The van der Waals surface area contributed by atoms with Crippen molar-refractivity contribution >= 4 is 28.4 Å². The SMILES string of the molecule is COc1cc2nc(NC(C)C)ncc2cc1-c1cc(NC(=O)c2ccc[nH]2)ccc1CO. The Labute approximate surface area is 185 Å². The molecule has 2 aromatic carbocycles. The molecule has 8 nitrogen and oxygen atoms in total. The lowest BCUT2D eigenvalue weighted by Crippen LogP contribution is -2.12. The molecule has 0 atom stereocenters. The third-order valence-electron chi connectivity index (χ3n) is 4.99. The molecule has 0 aliphatic carbocycles. The number of carbonyl (C=O) groups excluding carboxylic acids is 1. The highest BCUT2D eigenvalue weighted by molar-refractivity contribution is 6.03. The van der Waals surface area contributed by atoms with Gasteiger partial charge in [0.05, 0.1) is 19.2 Å². The van der Waals surface area contributed by atoms with Crippen molar-refractivity contribution in [3.05, 3.63) is 66.1 Å². The molecular formula is C24H25N5O3. The second-order valence-corrected chi connectivity index (χ2v) is 7.67. The van der Waals surface area contributed by atoms with Crippen LogP contribution in [-0.2, 0) is 6.61 Å². The number of amides is 1. The minimum Gasteiger partial charge on any atom is -0.496 e. The quantitative estimate of drug-likeness (QED) is 0.349. The summed E-state index contributed by atoms with van der Waals surface area (Å²) in [5, 5.41) is 16.8. The largest absolute Gasteiger partial charge is 0.496 e. The molecule has 32 heavy (non-hydrogen) atoms. The van der Waals surface area contributed by atoms with Gasteiger partial charge in [-0.15, -0.1) is 0 Å². The summed E-state index contributed by atoms with van der Waals surface area (Å²) in [4.78, 5) is 24.3. The molecule has 2 heterocycles. The number of rotatable bonds is 7. The molecule has 4 aromatic rings. The van der Waals surface area contributed by atoms with Crippen molar-refractivity contribution in [3.63, 3.8) is 0 Å². The lowest BCUT2D eigenvalue weighted by Gasteiger charge is -2.16. The van der Waals surface area contributed by atoms with E-state index in [0.717, 1.165) is 22.0 Å². The molecular weight excluding hydrogens is 406 g/mol. The number of aromatic amines is 1. The maximum atomic E-state index is 12.4. The van der Waals surface area contributed by atoms with Crippen molar-refractivity contribution in [1.29, 1.82) is 0 Å². The number of methoxy groups -OCH3 is 1. The summed E-state index contributed by atoms with van der Waals surface area (Å²) in [6, 6.07) is 12.8. The molecule has 8 heteroatoms. The molecule has 0 saturated heterocycles. The van der Waals surface area contributed by atoms with E-state index in [-0.39, 0.29) is 18.6 Å². The van der Waals surface area contributed by atoms with Crippen LogP contribution in [0.5, 0.6) is 5.75 Å². The normalized spacial score (nSPS) is 11.0. The molecule has 0 aliphatic rings. The van der Waals surface area contributed by atoms with E-state index >= 15 is 0 Å². The van der Waals surface area contributed by atoms with Crippen LogP contribution in [0.4, 0.5) is 11.6 Å². The summed E-state index contributed by atoms with van der Waals surface area (Å²) in [7, 11) is 1.59. The zero-order valence-corrected chi connectivity index (χ0v) is 18.1. The Morgan fingerprint density at radius 2 is 2.03 bits per heavy atom. The van der Waals surface area contributed by atoms with Gasteiger partial charge in [0.1, 0.15) is 11.4 Å². The molecule has 0 bridgehead atoms. The first-order valence-electron chi connectivity index (χ1n) is 10.3. The number of aliphatic hydroxyl groups excluding tert-OH is 1. The molecule has 0 aliphatic heterocycles. The Hall–Kier alpha value is -3.91. The number of anilines is 2. The van der Waals surface area contributed by atoms with Gasteiger partial charge < -0.3 is 25.5 Å². The van der Waals surface area contributed by atoms with Gasteiger partial charge in [-0.1, -0.05) is 6.07 Å². The number of nitrogens with zero attached hydrogens (tertiary/aromatic N) is 2. The van der Waals surface area contributed by atoms with Gasteiger partial charge in [0, 0.05) is 41.1 Å². The van der Waals surface area contributed by atoms with Crippen LogP contribution < -0.4 is 15.4 Å². The van der Waals surface area contributed by atoms with E-state index in [1.807, 2.05) is 32.0 Å². The van der Waals surface area contributed by atoms with Crippen LogP contribution in [-0.4, -0.2) is 39.1 Å². The van der Waals surface area contributed by atoms with Crippen LogP contribution in [0.1, 0.15) is 29.9 Å². The minimum atomic E-state index is -0.248. The summed E-state index contributed by atoms with van der Waals surface area (Å²) in [5.74, 6) is 0.906. The third kappa shape index (κ3) is 4.40. The van der Waals surface area contributed by atoms with Crippen molar-refractivity contribution in [2.45, 2.75) is 26.5 Å². The second kappa shape index (κ2) is 9.07. The number of hydrogen-bond acceptors (Lipinski definition) is 6. The van der Waals surface area contributed by atoms with Gasteiger partial charge in [-0.3, -0.25) is 4.79 Å². The van der Waals surface area contributed by atoms with Crippen LogP contribution in [0.2, 0.25) is 0 Å². The minimum absolute atomic E-state index is 0.158. The van der Waals surface area contributed by atoms with E-state index < -0.39 is 0 Å². The van der Waals surface area contributed by atoms with E-state index in [0.29, 0.717) is 28.6 Å². The average Bonchev–Trinajstić information content (AvgIpc) is 3.33. The third-order valence-corrected chi connectivity index (χ3v) is 4.99. The Kier molecular flexibility index (Phi) is 6.04. The Bertz CT molecular complexity index is 1250. The van der Waals surface area contributed by atoms with Crippen molar-refractivity contribution in [2.75, 3.05) is 17.7 Å². The zero-order chi connectivity index (χ0) is 22.7. The Morgan fingerprint density at radius 3 is 2.72 bits per heavy atom. The fraction of sp³-hybridized carbons (Fsp3) is 0.208. The molecule has 0 unspecified atom stereocenters. The fourth-order valence-electron chi connectivity index (χ4n) is 3.48. The zero-order valence-electron chi connectivity index (χ0n) is 18.1. The van der Waals surface area contributed by atoms with Crippen LogP contribution in [0.3, 0.4) is 0 Å². The van der Waals surface area contributed by atoms with Gasteiger partial charge in [0.25, 0.3) is 5.91 Å². The van der Waals surface area contributed by atoms with Gasteiger partial charge >= 0.3 is 0 Å². The topological polar surface area (TPSA) is 112 Å². The molecule has 1 amide bonds. The monoisotopic (exact) mass is 431 g/mol. The lowest BCUT2D eigenvalue weighted by atomic mass is 9.97. The van der Waals surface area contributed by atoms with Crippen LogP contribution in [0, 0.1) is 0 Å². The number of aliphatic hydroxyl groups is 1. The summed E-state index contributed by atoms with van der Waals surface area (Å²) in [5.41, 5.74) is 4.04. The number of nitrogens with one attached hydrogen (secondary N) is 3. The molecule has 164 valence electrons. The summed E-state index contributed by atoms with van der Waals surface area (Å²) < 4.78 is 5.65. The van der Waals surface area contributed by atoms with Gasteiger partial charge in [-0.05, 0) is 55.3 Å². The molecule has 0 radical (unpaired) electrons. The number of fused-ring (bicyclic) bond motifs is 1. The van der Waals surface area contributed by atoms with E-state index in [2.05, 4.69) is 25.6 Å². The van der Waals surface area contributed by atoms with Crippen LogP contribution in [0.15, 0.2) is 54.9 Å². The number of ether oxygens (including phenoxy) is 1. The Morgan fingerprint density at radius 1 is 1.19 bits per heavy atom. The molecule has 2 aromatic heterocycles. The first-order chi connectivity index (χ1) is 15.5. The van der Waals surface area contributed by atoms with Crippen molar-refractivity contribution in [3.8, 4) is 16.9 Å². The molecule has 4 rings (SSSR count). The summed E-state index contributed by atoms with van der Waals surface area (Å²) in [6.45, 7) is 3.89. The van der Waals surface area contributed by atoms with E-state index in [1.54, 1.807) is 43.8 Å². The number of benzene rings is 2. The van der Waals surface area contributed by atoms with E-state index in [4.69, 9.17) is 4.74 Å². The van der Waals surface area contributed by atoms with E-state index in [1.165, 1.54) is 0 Å². The predicted molar refractivity (Wildman–Crippen MR) is 125 cm³/mol. The number of hydrogen-bond donors (Lipinski definition) is 4. The van der Waals surface area contributed by atoms with E-state index in [9.17, 15) is 9.90 Å². The van der Waals surface area contributed by atoms with Crippen molar-refractivity contribution < 1.29 is 14.6 Å². The molecule has 0 saturated carbocycles. The smallest absolute Gasteiger partial charge is 0.272 e. The van der Waals surface area contributed by atoms with Gasteiger partial charge in [0.2, 0.25) is 5.95 Å². The van der Waals surface area contributed by atoms with Gasteiger partial charge in [-0.2, -0.15) is 0 Å². The average molecular weight is 431 g/mol. The highest BCUT2D eigenvalue weighted by Crippen LogP contribution is 2.37. The second-order valence-electron chi connectivity index (χ2n) is 7.67. The highest BCUT2D eigenvalue weighted by atomic mass is 16.5. The van der Waals surface area contributed by atoms with Crippen LogP contribution >= 0.6 is 0 Å². The maximum absolute atomic E-state index is 12.4. The fourth-order valence-corrected chi connectivity index (χ4v) is 3.48. The standard InChI is InChI=1S/C24H25N5O3/c1-14(2)27-24-26-12-16-9-19(22(32-3)11-21(16)29-24)18-10-17(7-6-15(18)13-30)28-23(31)20-5-4-8-25-20/h4-12,14,25,30H,13H2,1-3H3,(H,28,31)(H,26,27,29). The number of aromatic nitrogens is 3. The first kappa shape index (κ1) is 21.3. The molecule has 0 fully saturated rings. The molecule has 0 spiro atoms.